The number of hydrogen-bond donors (Lipinski definition) is 1. The van der Waals surface area contributed by atoms with Crippen molar-refractivity contribution >= 4 is 28.4 Å². The van der Waals surface area contributed by atoms with E-state index < -0.39 is 0 Å². The average Bonchev–Trinajstić information content (AvgIpc) is 3.44. The van der Waals surface area contributed by atoms with Crippen LogP contribution in [0, 0.1) is 6.92 Å². The first-order valence-corrected chi connectivity index (χ1v) is 9.74. The minimum absolute atomic E-state index is 0.263. The summed E-state index contributed by atoms with van der Waals surface area (Å²) < 4.78 is 16.2. The van der Waals surface area contributed by atoms with Crippen molar-refractivity contribution in [1.29, 1.82) is 0 Å². The SMILES string of the molecule is Cc1noc2nc(-c3ccco3)cc(C(=O)Nc3cccc(N4CCOCC4)c3)c12. The molecular weight excluding hydrogens is 384 g/mol. The topological polar surface area (TPSA) is 93.6 Å². The highest BCUT2D eigenvalue weighted by atomic mass is 16.5. The molecule has 1 aliphatic rings. The first kappa shape index (κ1) is 18.4. The van der Waals surface area contributed by atoms with E-state index in [9.17, 15) is 4.79 Å². The number of fused-ring (bicyclic) bond motifs is 1. The zero-order chi connectivity index (χ0) is 20.5. The highest BCUT2D eigenvalue weighted by Crippen LogP contribution is 2.28. The summed E-state index contributed by atoms with van der Waals surface area (Å²) in [6, 6.07) is 13.1. The van der Waals surface area contributed by atoms with Crippen molar-refractivity contribution in [2.24, 2.45) is 0 Å². The second kappa shape index (κ2) is 7.64. The van der Waals surface area contributed by atoms with Gasteiger partial charge in [0.05, 0.1) is 36.1 Å². The number of hydrogen-bond acceptors (Lipinski definition) is 7. The molecule has 3 aromatic heterocycles. The lowest BCUT2D eigenvalue weighted by Gasteiger charge is -2.29. The van der Waals surface area contributed by atoms with E-state index in [0.717, 1.165) is 18.8 Å². The molecule has 0 saturated carbocycles. The van der Waals surface area contributed by atoms with Crippen molar-refractivity contribution in [2.45, 2.75) is 6.92 Å². The summed E-state index contributed by atoms with van der Waals surface area (Å²) in [5.74, 6) is 0.287. The van der Waals surface area contributed by atoms with Crippen LogP contribution in [0.15, 0.2) is 57.7 Å². The fourth-order valence-corrected chi connectivity index (χ4v) is 3.62. The number of nitrogens with zero attached hydrogens (tertiary/aromatic N) is 3. The summed E-state index contributed by atoms with van der Waals surface area (Å²) in [6.45, 7) is 4.85. The minimum atomic E-state index is -0.263. The maximum atomic E-state index is 13.2. The summed E-state index contributed by atoms with van der Waals surface area (Å²) in [5.41, 5.74) is 3.61. The van der Waals surface area contributed by atoms with Gasteiger partial charge in [-0.15, -0.1) is 0 Å². The van der Waals surface area contributed by atoms with Gasteiger partial charge in [0, 0.05) is 24.5 Å². The Hall–Kier alpha value is -3.65. The van der Waals surface area contributed by atoms with Gasteiger partial charge in [-0.2, -0.15) is 0 Å². The molecule has 0 spiro atoms. The van der Waals surface area contributed by atoms with Crippen LogP contribution in [0.2, 0.25) is 0 Å². The molecule has 1 saturated heterocycles. The summed E-state index contributed by atoms with van der Waals surface area (Å²) in [4.78, 5) is 19.9. The molecule has 0 bridgehead atoms. The van der Waals surface area contributed by atoms with E-state index in [1.165, 1.54) is 0 Å². The van der Waals surface area contributed by atoms with Crippen molar-refractivity contribution in [2.75, 3.05) is 36.5 Å². The van der Waals surface area contributed by atoms with E-state index >= 15 is 0 Å². The van der Waals surface area contributed by atoms with E-state index in [4.69, 9.17) is 13.7 Å². The molecule has 1 aromatic carbocycles. The fourth-order valence-electron chi connectivity index (χ4n) is 3.62. The lowest BCUT2D eigenvalue weighted by Crippen LogP contribution is -2.36. The Morgan fingerprint density at radius 2 is 2.00 bits per heavy atom. The van der Waals surface area contributed by atoms with Crippen LogP contribution in [0.4, 0.5) is 11.4 Å². The van der Waals surface area contributed by atoms with Crippen LogP contribution >= 0.6 is 0 Å². The molecule has 30 heavy (non-hydrogen) atoms. The number of ether oxygens (including phenoxy) is 1. The number of carbonyl (C=O) groups excluding carboxylic acids is 1. The Kier molecular flexibility index (Phi) is 4.68. The number of aryl methyl sites for hydroxylation is 1. The second-order valence-corrected chi connectivity index (χ2v) is 7.08. The highest BCUT2D eigenvalue weighted by molar-refractivity contribution is 6.13. The zero-order valence-electron chi connectivity index (χ0n) is 16.4. The van der Waals surface area contributed by atoms with E-state index in [1.54, 1.807) is 31.4 Å². The van der Waals surface area contributed by atoms with Crippen LogP contribution in [-0.4, -0.2) is 42.4 Å². The predicted molar refractivity (Wildman–Crippen MR) is 112 cm³/mol. The van der Waals surface area contributed by atoms with Crippen molar-refractivity contribution in [1.82, 2.24) is 10.1 Å². The molecule has 1 amide bonds. The molecular formula is C22H20N4O4. The van der Waals surface area contributed by atoms with Crippen LogP contribution in [0.25, 0.3) is 22.6 Å². The molecule has 8 heteroatoms. The van der Waals surface area contributed by atoms with Gasteiger partial charge in [0.2, 0.25) is 0 Å². The summed E-state index contributed by atoms with van der Waals surface area (Å²) in [5, 5.41) is 7.56. The number of rotatable bonds is 4. The van der Waals surface area contributed by atoms with Crippen LogP contribution in [0.5, 0.6) is 0 Å². The Balaban J connectivity index is 1.48. The number of pyridine rings is 1. The Bertz CT molecular complexity index is 1190. The smallest absolute Gasteiger partial charge is 0.259 e. The first-order valence-electron chi connectivity index (χ1n) is 9.74. The van der Waals surface area contributed by atoms with Crippen LogP contribution in [0.3, 0.4) is 0 Å². The van der Waals surface area contributed by atoms with Gasteiger partial charge in [-0.25, -0.2) is 4.98 Å². The summed E-state index contributed by atoms with van der Waals surface area (Å²) in [6.07, 6.45) is 1.56. The molecule has 1 aliphatic heterocycles. The number of furan rings is 1. The van der Waals surface area contributed by atoms with E-state index in [0.29, 0.717) is 52.7 Å². The molecule has 4 aromatic rings. The van der Waals surface area contributed by atoms with Crippen molar-refractivity contribution in [3.63, 3.8) is 0 Å². The maximum Gasteiger partial charge on any atom is 0.259 e. The monoisotopic (exact) mass is 404 g/mol. The maximum absolute atomic E-state index is 13.2. The van der Waals surface area contributed by atoms with Gasteiger partial charge in [-0.05, 0) is 43.3 Å². The van der Waals surface area contributed by atoms with Crippen molar-refractivity contribution in [3.05, 3.63) is 60.0 Å². The number of anilines is 2. The summed E-state index contributed by atoms with van der Waals surface area (Å²) >= 11 is 0. The van der Waals surface area contributed by atoms with E-state index in [2.05, 4.69) is 20.4 Å². The fraction of sp³-hybridized carbons (Fsp3) is 0.227. The minimum Gasteiger partial charge on any atom is -0.463 e. The lowest BCUT2D eigenvalue weighted by molar-refractivity contribution is 0.102. The number of nitrogens with one attached hydrogen (secondary N) is 1. The standard InChI is InChI=1S/C22H20N4O4/c1-14-20-17(13-18(19-6-3-9-29-19)24-22(20)30-25-14)21(27)23-15-4-2-5-16(12-15)26-7-10-28-11-8-26/h2-6,9,12-13H,7-8,10-11H2,1H3,(H,23,27). The Morgan fingerprint density at radius 3 is 2.80 bits per heavy atom. The number of aromatic nitrogens is 2. The van der Waals surface area contributed by atoms with E-state index in [1.807, 2.05) is 24.3 Å². The number of amides is 1. The third-order valence-electron chi connectivity index (χ3n) is 5.12. The third kappa shape index (κ3) is 3.42. The molecule has 0 atom stereocenters. The second-order valence-electron chi connectivity index (χ2n) is 7.08. The van der Waals surface area contributed by atoms with Crippen molar-refractivity contribution in [3.8, 4) is 11.5 Å². The van der Waals surface area contributed by atoms with Gasteiger partial charge in [-0.1, -0.05) is 11.2 Å². The van der Waals surface area contributed by atoms with Gasteiger partial charge < -0.3 is 23.9 Å². The quantitative estimate of drug-likeness (QED) is 0.552. The van der Waals surface area contributed by atoms with Gasteiger partial charge in [-0.3, -0.25) is 4.79 Å². The van der Waals surface area contributed by atoms with E-state index in [-0.39, 0.29) is 5.91 Å². The van der Waals surface area contributed by atoms with Gasteiger partial charge >= 0.3 is 0 Å². The Morgan fingerprint density at radius 1 is 1.13 bits per heavy atom. The first-order chi connectivity index (χ1) is 14.7. The van der Waals surface area contributed by atoms with Crippen LogP contribution in [0.1, 0.15) is 16.1 Å². The van der Waals surface area contributed by atoms with Gasteiger partial charge in [0.25, 0.3) is 11.6 Å². The lowest BCUT2D eigenvalue weighted by atomic mass is 10.1. The molecule has 1 N–H and O–H groups in total. The zero-order valence-corrected chi connectivity index (χ0v) is 16.4. The van der Waals surface area contributed by atoms with Crippen LogP contribution < -0.4 is 10.2 Å². The molecule has 152 valence electrons. The number of benzene rings is 1. The Labute approximate surface area is 172 Å². The summed E-state index contributed by atoms with van der Waals surface area (Å²) in [7, 11) is 0. The molecule has 5 rings (SSSR count). The normalized spacial score (nSPS) is 14.2. The number of morpholine rings is 1. The predicted octanol–water partition coefficient (Wildman–Crippen LogP) is 3.88. The van der Waals surface area contributed by atoms with Crippen molar-refractivity contribution < 1.29 is 18.5 Å². The molecule has 0 aliphatic carbocycles. The molecule has 0 unspecified atom stereocenters. The van der Waals surface area contributed by atoms with Gasteiger partial charge in [0.1, 0.15) is 5.69 Å². The number of carbonyl (C=O) groups is 1. The average molecular weight is 404 g/mol. The highest BCUT2D eigenvalue weighted by Gasteiger charge is 2.21. The molecule has 4 heterocycles. The molecule has 8 nitrogen and oxygen atoms in total. The third-order valence-corrected chi connectivity index (χ3v) is 5.12. The molecule has 0 radical (unpaired) electrons. The molecule has 1 fully saturated rings. The van der Waals surface area contributed by atoms with Gasteiger partial charge in [0.15, 0.2) is 5.76 Å². The van der Waals surface area contributed by atoms with Crippen LogP contribution in [-0.2, 0) is 4.74 Å². The largest absolute Gasteiger partial charge is 0.463 e.